The highest BCUT2D eigenvalue weighted by Crippen LogP contribution is 2.41. The number of hydrogen-bond acceptors (Lipinski definition) is 5. The van der Waals surface area contributed by atoms with Gasteiger partial charge in [0.15, 0.2) is 0 Å². The maximum Gasteiger partial charge on any atom is 0.405 e. The van der Waals surface area contributed by atoms with Crippen molar-refractivity contribution in [1.29, 1.82) is 0 Å². The zero-order chi connectivity index (χ0) is 15.6. The summed E-state index contributed by atoms with van der Waals surface area (Å²) in [5.41, 5.74) is 1.08. The number of nitrogens with zero attached hydrogens (tertiary/aromatic N) is 2. The minimum atomic E-state index is -4.34. The fourth-order valence-electron chi connectivity index (χ4n) is 2.47. The predicted octanol–water partition coefficient (Wildman–Crippen LogP) is 3.29. The van der Waals surface area contributed by atoms with E-state index in [2.05, 4.69) is 15.5 Å². The molecular weight excluding hydrogens is 299 g/mol. The molecule has 2 atom stereocenters. The largest absolute Gasteiger partial charge is 0.405 e. The van der Waals surface area contributed by atoms with Crippen LogP contribution in [0.4, 0.5) is 19.2 Å². The van der Waals surface area contributed by atoms with Gasteiger partial charge in [0.25, 0.3) is 0 Å². The molecular formula is C14H14F3N3O2. The Morgan fingerprint density at radius 2 is 1.95 bits per heavy atom. The summed E-state index contributed by atoms with van der Waals surface area (Å²) in [6.07, 6.45) is -3.98. The van der Waals surface area contributed by atoms with Gasteiger partial charge in [0.1, 0.15) is 12.6 Å². The SMILES string of the molecule is FC(F)(F)CNc1nnc([C@H]2OCC[C@H]2c2ccccc2)o1. The highest BCUT2D eigenvalue weighted by molar-refractivity contribution is 5.24. The van der Waals surface area contributed by atoms with Crippen LogP contribution >= 0.6 is 0 Å². The fourth-order valence-corrected chi connectivity index (χ4v) is 2.47. The third kappa shape index (κ3) is 3.38. The van der Waals surface area contributed by atoms with E-state index in [1.165, 1.54) is 0 Å². The van der Waals surface area contributed by atoms with Crippen molar-refractivity contribution in [2.75, 3.05) is 18.5 Å². The van der Waals surface area contributed by atoms with Crippen LogP contribution in [0.25, 0.3) is 0 Å². The molecule has 2 heterocycles. The van der Waals surface area contributed by atoms with Gasteiger partial charge in [0, 0.05) is 12.5 Å². The summed E-state index contributed by atoms with van der Waals surface area (Å²) in [5.74, 6) is 0.244. The fraction of sp³-hybridized carbons (Fsp3) is 0.429. The van der Waals surface area contributed by atoms with E-state index >= 15 is 0 Å². The number of aromatic nitrogens is 2. The number of benzene rings is 1. The number of alkyl halides is 3. The first-order valence-electron chi connectivity index (χ1n) is 6.83. The van der Waals surface area contributed by atoms with Gasteiger partial charge in [0.05, 0.1) is 0 Å². The molecule has 0 aliphatic carbocycles. The molecule has 0 saturated carbocycles. The van der Waals surface area contributed by atoms with Crippen molar-refractivity contribution in [2.24, 2.45) is 0 Å². The van der Waals surface area contributed by atoms with Crippen molar-refractivity contribution in [3.8, 4) is 0 Å². The van der Waals surface area contributed by atoms with Crippen molar-refractivity contribution in [3.63, 3.8) is 0 Å². The Bertz CT molecular complexity index is 615. The van der Waals surface area contributed by atoms with Gasteiger partial charge in [0.2, 0.25) is 5.89 Å². The zero-order valence-electron chi connectivity index (χ0n) is 11.5. The summed E-state index contributed by atoms with van der Waals surface area (Å²) in [7, 11) is 0. The van der Waals surface area contributed by atoms with Gasteiger partial charge in [-0.15, -0.1) is 5.10 Å². The van der Waals surface area contributed by atoms with E-state index in [0.717, 1.165) is 12.0 Å². The van der Waals surface area contributed by atoms with Gasteiger partial charge in [-0.2, -0.15) is 13.2 Å². The molecule has 118 valence electrons. The zero-order valence-corrected chi connectivity index (χ0v) is 11.5. The van der Waals surface area contributed by atoms with E-state index in [1.807, 2.05) is 30.3 Å². The number of anilines is 1. The Morgan fingerprint density at radius 3 is 2.68 bits per heavy atom. The quantitative estimate of drug-likeness (QED) is 0.938. The van der Waals surface area contributed by atoms with E-state index in [0.29, 0.717) is 6.61 Å². The topological polar surface area (TPSA) is 60.2 Å². The molecule has 1 aliphatic rings. The van der Waals surface area contributed by atoms with Crippen LogP contribution in [-0.2, 0) is 4.74 Å². The molecule has 8 heteroatoms. The average Bonchev–Trinajstić information content (AvgIpc) is 3.14. The normalized spacial score (nSPS) is 22.0. The van der Waals surface area contributed by atoms with Gasteiger partial charge >= 0.3 is 12.2 Å². The number of rotatable bonds is 4. The summed E-state index contributed by atoms with van der Waals surface area (Å²) < 4.78 is 47.3. The summed E-state index contributed by atoms with van der Waals surface area (Å²) in [6, 6.07) is 9.47. The first-order valence-corrected chi connectivity index (χ1v) is 6.83. The van der Waals surface area contributed by atoms with E-state index in [4.69, 9.17) is 9.15 Å². The standard InChI is InChI=1S/C14H14F3N3O2/c15-14(16,17)8-18-13-20-19-12(22-13)11-10(6-7-21-11)9-4-2-1-3-5-9/h1-5,10-11H,6-8H2,(H,18,20)/t10-,11-/m0/s1. The van der Waals surface area contributed by atoms with Crippen molar-refractivity contribution in [3.05, 3.63) is 41.8 Å². The molecule has 22 heavy (non-hydrogen) atoms. The molecule has 1 aliphatic heterocycles. The van der Waals surface area contributed by atoms with Gasteiger partial charge in [-0.05, 0) is 12.0 Å². The second-order valence-electron chi connectivity index (χ2n) is 5.01. The van der Waals surface area contributed by atoms with Gasteiger partial charge in [-0.1, -0.05) is 35.4 Å². The molecule has 0 radical (unpaired) electrons. The summed E-state index contributed by atoms with van der Waals surface area (Å²) in [6.45, 7) is -0.680. The Kier molecular flexibility index (Phi) is 4.02. The molecule has 0 amide bonds. The summed E-state index contributed by atoms with van der Waals surface area (Å²) >= 11 is 0. The van der Waals surface area contributed by atoms with Crippen molar-refractivity contribution in [2.45, 2.75) is 24.6 Å². The van der Waals surface area contributed by atoms with Crippen LogP contribution in [0.3, 0.4) is 0 Å². The smallest absolute Gasteiger partial charge is 0.405 e. The Morgan fingerprint density at radius 1 is 1.18 bits per heavy atom. The highest BCUT2D eigenvalue weighted by atomic mass is 19.4. The van der Waals surface area contributed by atoms with Crippen LogP contribution in [0.2, 0.25) is 0 Å². The molecule has 1 saturated heterocycles. The third-order valence-corrected chi connectivity index (χ3v) is 3.44. The van der Waals surface area contributed by atoms with Crippen LogP contribution in [0.5, 0.6) is 0 Å². The maximum atomic E-state index is 12.2. The number of halogens is 3. The Labute approximate surface area is 124 Å². The van der Waals surface area contributed by atoms with Crippen molar-refractivity contribution >= 4 is 6.01 Å². The van der Waals surface area contributed by atoms with Gasteiger partial charge < -0.3 is 14.5 Å². The second kappa shape index (κ2) is 5.96. The minimum Gasteiger partial charge on any atom is -0.405 e. The number of nitrogens with one attached hydrogen (secondary N) is 1. The van der Waals surface area contributed by atoms with E-state index in [9.17, 15) is 13.2 Å². The summed E-state index contributed by atoms with van der Waals surface area (Å²) in [4.78, 5) is 0. The average molecular weight is 313 g/mol. The van der Waals surface area contributed by atoms with E-state index < -0.39 is 18.8 Å². The molecule has 1 aromatic heterocycles. The third-order valence-electron chi connectivity index (χ3n) is 3.44. The summed E-state index contributed by atoms with van der Waals surface area (Å²) in [5, 5.41) is 9.45. The lowest BCUT2D eigenvalue weighted by Crippen LogP contribution is -2.21. The lowest BCUT2D eigenvalue weighted by Gasteiger charge is -2.15. The first kappa shape index (κ1) is 14.8. The molecule has 2 aromatic rings. The molecule has 3 rings (SSSR count). The first-order chi connectivity index (χ1) is 10.5. The molecule has 5 nitrogen and oxygen atoms in total. The lowest BCUT2D eigenvalue weighted by atomic mass is 9.92. The molecule has 0 unspecified atom stereocenters. The molecule has 0 bridgehead atoms. The number of ether oxygens (including phenoxy) is 1. The van der Waals surface area contributed by atoms with Gasteiger partial charge in [-0.25, -0.2) is 0 Å². The van der Waals surface area contributed by atoms with E-state index in [1.54, 1.807) is 0 Å². The molecule has 1 fully saturated rings. The van der Waals surface area contributed by atoms with Crippen LogP contribution in [-0.4, -0.2) is 29.5 Å². The Balaban J connectivity index is 1.72. The highest BCUT2D eigenvalue weighted by Gasteiger charge is 2.35. The van der Waals surface area contributed by atoms with Crippen LogP contribution in [0.1, 0.15) is 29.9 Å². The monoisotopic (exact) mass is 313 g/mol. The Hall–Kier alpha value is -2.09. The molecule has 1 N–H and O–H groups in total. The maximum absolute atomic E-state index is 12.2. The van der Waals surface area contributed by atoms with Crippen LogP contribution in [0, 0.1) is 0 Å². The van der Waals surface area contributed by atoms with Crippen LogP contribution in [0.15, 0.2) is 34.7 Å². The van der Waals surface area contributed by atoms with Gasteiger partial charge in [-0.3, -0.25) is 0 Å². The van der Waals surface area contributed by atoms with Crippen LogP contribution < -0.4 is 5.32 Å². The molecule has 1 aromatic carbocycles. The number of hydrogen-bond donors (Lipinski definition) is 1. The molecule has 0 spiro atoms. The van der Waals surface area contributed by atoms with Crippen molar-refractivity contribution in [1.82, 2.24) is 10.2 Å². The van der Waals surface area contributed by atoms with E-state index in [-0.39, 0.29) is 17.8 Å². The minimum absolute atomic E-state index is 0.0529. The predicted molar refractivity (Wildman–Crippen MR) is 71.3 cm³/mol. The van der Waals surface area contributed by atoms with Crippen molar-refractivity contribution < 1.29 is 22.3 Å². The lowest BCUT2D eigenvalue weighted by molar-refractivity contribution is -0.115. The second-order valence-corrected chi connectivity index (χ2v) is 5.01.